The maximum Gasteiger partial charge on any atom is 0.303 e. The SMILES string of the molecule is COc1c(C)cc(Br)c(C)c1CCC(=O)O. The Kier molecular flexibility index (Phi) is 4.35. The van der Waals surface area contributed by atoms with Gasteiger partial charge in [-0.1, -0.05) is 15.9 Å². The molecule has 0 heterocycles. The molecular formula is C12H15BrO3. The summed E-state index contributed by atoms with van der Waals surface area (Å²) in [4.78, 5) is 10.6. The Labute approximate surface area is 104 Å². The van der Waals surface area contributed by atoms with Crippen LogP contribution in [0.2, 0.25) is 0 Å². The average Bonchev–Trinajstić information content (AvgIpc) is 2.20. The first-order chi connectivity index (χ1) is 7.47. The van der Waals surface area contributed by atoms with Crippen LogP contribution < -0.4 is 4.74 Å². The molecule has 16 heavy (non-hydrogen) atoms. The number of carboxylic acids is 1. The number of aliphatic carboxylic acids is 1. The van der Waals surface area contributed by atoms with Gasteiger partial charge in [0.1, 0.15) is 5.75 Å². The van der Waals surface area contributed by atoms with Gasteiger partial charge < -0.3 is 9.84 Å². The van der Waals surface area contributed by atoms with Crippen molar-refractivity contribution in [3.63, 3.8) is 0 Å². The summed E-state index contributed by atoms with van der Waals surface area (Å²) >= 11 is 3.46. The molecule has 1 aromatic carbocycles. The third-order valence-corrected chi connectivity index (χ3v) is 3.40. The van der Waals surface area contributed by atoms with E-state index in [9.17, 15) is 4.79 Å². The molecule has 1 N–H and O–H groups in total. The van der Waals surface area contributed by atoms with Crippen LogP contribution in [0.3, 0.4) is 0 Å². The Hall–Kier alpha value is -1.03. The van der Waals surface area contributed by atoms with E-state index in [1.807, 2.05) is 19.9 Å². The summed E-state index contributed by atoms with van der Waals surface area (Å²) in [6.45, 7) is 3.91. The second-order valence-corrected chi connectivity index (χ2v) is 4.56. The largest absolute Gasteiger partial charge is 0.496 e. The van der Waals surface area contributed by atoms with Crippen molar-refractivity contribution in [2.75, 3.05) is 7.11 Å². The Bertz CT molecular complexity index is 413. The maximum atomic E-state index is 10.6. The summed E-state index contributed by atoms with van der Waals surface area (Å²) in [6.07, 6.45) is 0.609. The molecule has 0 aliphatic rings. The van der Waals surface area contributed by atoms with Crippen LogP contribution in [0.5, 0.6) is 5.75 Å². The number of aryl methyl sites for hydroxylation is 1. The lowest BCUT2D eigenvalue weighted by Crippen LogP contribution is -2.03. The van der Waals surface area contributed by atoms with E-state index >= 15 is 0 Å². The lowest BCUT2D eigenvalue weighted by atomic mass is 9.99. The lowest BCUT2D eigenvalue weighted by Gasteiger charge is -2.15. The predicted molar refractivity (Wildman–Crippen MR) is 66.1 cm³/mol. The Balaban J connectivity index is 3.17. The fraction of sp³-hybridized carbons (Fsp3) is 0.417. The second-order valence-electron chi connectivity index (χ2n) is 3.71. The molecule has 4 heteroatoms. The Morgan fingerprint density at radius 3 is 2.62 bits per heavy atom. The molecule has 0 unspecified atom stereocenters. The normalized spacial score (nSPS) is 10.2. The van der Waals surface area contributed by atoms with Gasteiger partial charge >= 0.3 is 5.97 Å². The van der Waals surface area contributed by atoms with Gasteiger partial charge in [-0.2, -0.15) is 0 Å². The molecule has 0 saturated heterocycles. The summed E-state index contributed by atoms with van der Waals surface area (Å²) in [6, 6.07) is 1.98. The molecule has 0 aromatic heterocycles. The van der Waals surface area contributed by atoms with Crippen LogP contribution in [-0.2, 0) is 11.2 Å². The molecule has 0 aliphatic heterocycles. The van der Waals surface area contributed by atoms with Crippen molar-refractivity contribution >= 4 is 21.9 Å². The van der Waals surface area contributed by atoms with Gasteiger partial charge in [0.05, 0.1) is 7.11 Å². The molecule has 0 spiro atoms. The van der Waals surface area contributed by atoms with Crippen LogP contribution in [0.15, 0.2) is 10.5 Å². The van der Waals surface area contributed by atoms with Gasteiger partial charge in [0.15, 0.2) is 0 Å². The Morgan fingerprint density at radius 1 is 1.50 bits per heavy atom. The summed E-state index contributed by atoms with van der Waals surface area (Å²) in [5.41, 5.74) is 3.03. The molecule has 3 nitrogen and oxygen atoms in total. The van der Waals surface area contributed by atoms with E-state index in [4.69, 9.17) is 9.84 Å². The topological polar surface area (TPSA) is 46.5 Å². The number of methoxy groups -OCH3 is 1. The van der Waals surface area contributed by atoms with E-state index in [0.29, 0.717) is 6.42 Å². The molecule has 0 atom stereocenters. The highest BCUT2D eigenvalue weighted by Crippen LogP contribution is 2.32. The van der Waals surface area contributed by atoms with Gasteiger partial charge in [0.25, 0.3) is 0 Å². The predicted octanol–water partition coefficient (Wildman–Crippen LogP) is 3.09. The zero-order valence-corrected chi connectivity index (χ0v) is 11.2. The van der Waals surface area contributed by atoms with Crippen LogP contribution >= 0.6 is 15.9 Å². The van der Waals surface area contributed by atoms with Crippen molar-refractivity contribution in [3.05, 3.63) is 27.2 Å². The van der Waals surface area contributed by atoms with E-state index in [-0.39, 0.29) is 6.42 Å². The van der Waals surface area contributed by atoms with Crippen molar-refractivity contribution in [1.82, 2.24) is 0 Å². The number of rotatable bonds is 4. The number of halogens is 1. The monoisotopic (exact) mass is 286 g/mol. The minimum absolute atomic E-state index is 0.118. The quantitative estimate of drug-likeness (QED) is 0.925. The van der Waals surface area contributed by atoms with E-state index in [1.165, 1.54) is 0 Å². The molecule has 0 radical (unpaired) electrons. The van der Waals surface area contributed by atoms with Gasteiger partial charge in [-0.05, 0) is 43.0 Å². The smallest absolute Gasteiger partial charge is 0.303 e. The summed E-state index contributed by atoms with van der Waals surface area (Å²) in [5.74, 6) is 0.000955. The van der Waals surface area contributed by atoms with Gasteiger partial charge in [-0.15, -0.1) is 0 Å². The van der Waals surface area contributed by atoms with Crippen molar-refractivity contribution in [1.29, 1.82) is 0 Å². The second kappa shape index (κ2) is 5.34. The van der Waals surface area contributed by atoms with Gasteiger partial charge in [0.2, 0.25) is 0 Å². The first kappa shape index (κ1) is 13.0. The number of hydrogen-bond donors (Lipinski definition) is 1. The van der Waals surface area contributed by atoms with Crippen molar-refractivity contribution in [3.8, 4) is 5.75 Å². The third kappa shape index (κ3) is 2.76. The number of carbonyl (C=O) groups is 1. The fourth-order valence-corrected chi connectivity index (χ4v) is 2.32. The summed E-state index contributed by atoms with van der Waals surface area (Å²) in [5, 5.41) is 8.72. The highest BCUT2D eigenvalue weighted by atomic mass is 79.9. The van der Waals surface area contributed by atoms with Crippen LogP contribution in [0.4, 0.5) is 0 Å². The van der Waals surface area contributed by atoms with Crippen LogP contribution in [0, 0.1) is 13.8 Å². The summed E-state index contributed by atoms with van der Waals surface area (Å²) in [7, 11) is 1.61. The van der Waals surface area contributed by atoms with E-state index in [2.05, 4.69) is 15.9 Å². The fourth-order valence-electron chi connectivity index (χ4n) is 1.73. The molecule has 0 aliphatic carbocycles. The van der Waals surface area contributed by atoms with Crippen molar-refractivity contribution in [2.24, 2.45) is 0 Å². The zero-order chi connectivity index (χ0) is 12.3. The average molecular weight is 287 g/mol. The van der Waals surface area contributed by atoms with Crippen LogP contribution in [0.1, 0.15) is 23.1 Å². The maximum absolute atomic E-state index is 10.6. The van der Waals surface area contributed by atoms with Gasteiger partial charge in [-0.3, -0.25) is 4.79 Å². The van der Waals surface area contributed by atoms with Gasteiger partial charge in [-0.25, -0.2) is 0 Å². The standard InChI is InChI=1S/C12H15BrO3/c1-7-6-10(13)8(2)9(12(7)16-3)4-5-11(14)15/h6H,4-5H2,1-3H3,(H,14,15). The van der Waals surface area contributed by atoms with Gasteiger partial charge in [0, 0.05) is 10.9 Å². The Morgan fingerprint density at radius 2 is 2.12 bits per heavy atom. The van der Waals surface area contributed by atoms with E-state index in [0.717, 1.165) is 26.9 Å². The number of hydrogen-bond acceptors (Lipinski definition) is 2. The minimum atomic E-state index is -0.793. The van der Waals surface area contributed by atoms with Crippen LogP contribution in [0.25, 0.3) is 0 Å². The lowest BCUT2D eigenvalue weighted by molar-refractivity contribution is -0.136. The molecule has 0 bridgehead atoms. The zero-order valence-electron chi connectivity index (χ0n) is 9.63. The molecule has 1 rings (SSSR count). The summed E-state index contributed by atoms with van der Waals surface area (Å²) < 4.78 is 6.32. The molecule has 1 aromatic rings. The minimum Gasteiger partial charge on any atom is -0.496 e. The highest BCUT2D eigenvalue weighted by molar-refractivity contribution is 9.10. The molecular weight excluding hydrogens is 272 g/mol. The number of ether oxygens (including phenoxy) is 1. The molecule has 0 saturated carbocycles. The van der Waals surface area contributed by atoms with Crippen molar-refractivity contribution in [2.45, 2.75) is 26.7 Å². The first-order valence-electron chi connectivity index (χ1n) is 5.01. The molecule has 88 valence electrons. The van der Waals surface area contributed by atoms with Crippen LogP contribution in [-0.4, -0.2) is 18.2 Å². The van der Waals surface area contributed by atoms with E-state index < -0.39 is 5.97 Å². The van der Waals surface area contributed by atoms with Crippen molar-refractivity contribution < 1.29 is 14.6 Å². The molecule has 0 fully saturated rings. The molecule has 0 amide bonds. The van der Waals surface area contributed by atoms with E-state index in [1.54, 1.807) is 7.11 Å². The highest BCUT2D eigenvalue weighted by Gasteiger charge is 2.13. The number of carboxylic acid groups (broad SMARTS) is 1. The third-order valence-electron chi connectivity index (χ3n) is 2.58. The first-order valence-corrected chi connectivity index (χ1v) is 5.81. The number of benzene rings is 1.